The highest BCUT2D eigenvalue weighted by Crippen LogP contribution is 2.42. The van der Waals surface area contributed by atoms with Crippen molar-refractivity contribution >= 4 is 5.57 Å². The second-order valence-electron chi connectivity index (χ2n) is 6.26. The second-order valence-corrected chi connectivity index (χ2v) is 6.26. The predicted octanol–water partition coefficient (Wildman–Crippen LogP) is 3.54. The standard InChI is InChI=1S/C19H23N3/c1-14(18-13-20-9-10-21-18)19-16(8-11-22(2)3)12-15-6-4-5-7-17(15)19/h4-7,9-10,13-14H,8,11-12H2,1-3H3. The fourth-order valence-electron chi connectivity index (χ4n) is 3.26. The van der Waals surface area contributed by atoms with Crippen molar-refractivity contribution < 1.29 is 0 Å². The van der Waals surface area contributed by atoms with Gasteiger partial charge in [0.15, 0.2) is 0 Å². The molecular weight excluding hydrogens is 270 g/mol. The quantitative estimate of drug-likeness (QED) is 0.844. The van der Waals surface area contributed by atoms with Gasteiger partial charge in [0.2, 0.25) is 0 Å². The minimum Gasteiger partial charge on any atom is -0.309 e. The smallest absolute Gasteiger partial charge is 0.0658 e. The van der Waals surface area contributed by atoms with Crippen molar-refractivity contribution in [2.45, 2.75) is 25.7 Å². The molecule has 3 rings (SSSR count). The van der Waals surface area contributed by atoms with Gasteiger partial charge < -0.3 is 4.90 Å². The number of nitrogens with zero attached hydrogens (tertiary/aromatic N) is 3. The van der Waals surface area contributed by atoms with Crippen molar-refractivity contribution in [2.24, 2.45) is 0 Å². The van der Waals surface area contributed by atoms with Crippen molar-refractivity contribution in [3.8, 4) is 0 Å². The average molecular weight is 293 g/mol. The van der Waals surface area contributed by atoms with E-state index in [9.17, 15) is 0 Å². The SMILES string of the molecule is CC(C1=C(CCN(C)C)Cc2ccccc21)c1cnccn1. The highest BCUT2D eigenvalue weighted by atomic mass is 15.0. The van der Waals surface area contributed by atoms with Crippen LogP contribution in [-0.4, -0.2) is 35.5 Å². The van der Waals surface area contributed by atoms with Crippen molar-refractivity contribution in [3.63, 3.8) is 0 Å². The van der Waals surface area contributed by atoms with Gasteiger partial charge in [0, 0.05) is 31.1 Å². The average Bonchev–Trinajstić information content (AvgIpc) is 2.91. The van der Waals surface area contributed by atoms with Gasteiger partial charge in [-0.15, -0.1) is 0 Å². The van der Waals surface area contributed by atoms with E-state index >= 15 is 0 Å². The van der Waals surface area contributed by atoms with Gasteiger partial charge in [0.05, 0.1) is 5.69 Å². The molecule has 1 unspecified atom stereocenters. The third kappa shape index (κ3) is 2.95. The highest BCUT2D eigenvalue weighted by molar-refractivity contribution is 5.80. The molecule has 2 aromatic rings. The van der Waals surface area contributed by atoms with E-state index in [1.54, 1.807) is 18.0 Å². The van der Waals surface area contributed by atoms with Gasteiger partial charge in [-0.3, -0.25) is 9.97 Å². The third-order valence-electron chi connectivity index (χ3n) is 4.41. The summed E-state index contributed by atoms with van der Waals surface area (Å²) >= 11 is 0. The summed E-state index contributed by atoms with van der Waals surface area (Å²) in [6, 6.07) is 8.77. The van der Waals surface area contributed by atoms with Gasteiger partial charge in [-0.1, -0.05) is 36.8 Å². The largest absolute Gasteiger partial charge is 0.309 e. The molecular formula is C19H23N3. The van der Waals surface area contributed by atoms with Gasteiger partial charge in [-0.25, -0.2) is 0 Å². The van der Waals surface area contributed by atoms with Crippen LogP contribution < -0.4 is 0 Å². The lowest BCUT2D eigenvalue weighted by molar-refractivity contribution is 0.412. The van der Waals surface area contributed by atoms with E-state index in [2.05, 4.69) is 60.2 Å². The first-order valence-corrected chi connectivity index (χ1v) is 7.87. The Kier molecular flexibility index (Phi) is 4.34. The monoisotopic (exact) mass is 293 g/mol. The summed E-state index contributed by atoms with van der Waals surface area (Å²) in [4.78, 5) is 11.0. The number of rotatable bonds is 5. The van der Waals surface area contributed by atoms with Crippen LogP contribution in [0.25, 0.3) is 5.57 Å². The second kappa shape index (κ2) is 6.41. The van der Waals surface area contributed by atoms with E-state index in [0.29, 0.717) is 0 Å². The molecule has 22 heavy (non-hydrogen) atoms. The van der Waals surface area contributed by atoms with Gasteiger partial charge in [0.25, 0.3) is 0 Å². The first-order chi connectivity index (χ1) is 10.7. The molecule has 0 radical (unpaired) electrons. The van der Waals surface area contributed by atoms with Crippen LogP contribution in [0.1, 0.15) is 36.1 Å². The molecule has 3 nitrogen and oxygen atoms in total. The summed E-state index contributed by atoms with van der Waals surface area (Å²) < 4.78 is 0. The van der Waals surface area contributed by atoms with Crippen LogP contribution in [0.2, 0.25) is 0 Å². The number of allylic oxidation sites excluding steroid dienone is 1. The van der Waals surface area contributed by atoms with E-state index in [-0.39, 0.29) is 5.92 Å². The summed E-state index contributed by atoms with van der Waals surface area (Å²) in [7, 11) is 4.27. The molecule has 1 atom stereocenters. The maximum absolute atomic E-state index is 4.52. The van der Waals surface area contributed by atoms with E-state index in [4.69, 9.17) is 0 Å². The van der Waals surface area contributed by atoms with Crippen molar-refractivity contribution in [2.75, 3.05) is 20.6 Å². The zero-order valence-corrected chi connectivity index (χ0v) is 13.6. The minimum atomic E-state index is 0.287. The molecule has 0 aliphatic heterocycles. The summed E-state index contributed by atoms with van der Waals surface area (Å²) in [5, 5.41) is 0. The normalized spacial score (nSPS) is 15.3. The Labute approximate surface area is 132 Å². The lowest BCUT2D eigenvalue weighted by Crippen LogP contribution is -2.14. The van der Waals surface area contributed by atoms with E-state index in [1.807, 2.05) is 6.20 Å². The Morgan fingerprint density at radius 3 is 2.73 bits per heavy atom. The molecule has 1 aliphatic rings. The maximum Gasteiger partial charge on any atom is 0.0658 e. The molecule has 0 spiro atoms. The van der Waals surface area contributed by atoms with Crippen LogP contribution in [0.5, 0.6) is 0 Å². The number of benzene rings is 1. The molecule has 0 N–H and O–H groups in total. The summed E-state index contributed by atoms with van der Waals surface area (Å²) in [5.74, 6) is 0.287. The van der Waals surface area contributed by atoms with Crippen molar-refractivity contribution in [1.29, 1.82) is 0 Å². The fourth-order valence-corrected chi connectivity index (χ4v) is 3.26. The number of aromatic nitrogens is 2. The summed E-state index contributed by atoms with van der Waals surface area (Å²) in [6.07, 6.45) is 7.60. The fraction of sp³-hybridized carbons (Fsp3) is 0.368. The Balaban J connectivity index is 1.99. The Bertz CT molecular complexity index is 674. The van der Waals surface area contributed by atoms with Gasteiger partial charge in [-0.05, 0) is 43.6 Å². The summed E-state index contributed by atoms with van der Waals surface area (Å²) in [5.41, 5.74) is 6.90. The molecule has 0 saturated carbocycles. The molecule has 0 bridgehead atoms. The molecule has 0 saturated heterocycles. The molecule has 1 aliphatic carbocycles. The van der Waals surface area contributed by atoms with Crippen LogP contribution in [0.4, 0.5) is 0 Å². The van der Waals surface area contributed by atoms with E-state index < -0.39 is 0 Å². The molecule has 114 valence electrons. The molecule has 1 aromatic heterocycles. The lowest BCUT2D eigenvalue weighted by Gasteiger charge is -2.17. The molecule has 0 fully saturated rings. The maximum atomic E-state index is 4.52. The van der Waals surface area contributed by atoms with Gasteiger partial charge >= 0.3 is 0 Å². The van der Waals surface area contributed by atoms with Crippen LogP contribution in [0.3, 0.4) is 0 Å². The zero-order valence-electron chi connectivity index (χ0n) is 13.6. The van der Waals surface area contributed by atoms with E-state index in [0.717, 1.165) is 25.1 Å². The third-order valence-corrected chi connectivity index (χ3v) is 4.41. The van der Waals surface area contributed by atoms with Gasteiger partial charge in [-0.2, -0.15) is 0 Å². The molecule has 1 aromatic carbocycles. The topological polar surface area (TPSA) is 29.0 Å². The van der Waals surface area contributed by atoms with Crippen molar-refractivity contribution in [1.82, 2.24) is 14.9 Å². The van der Waals surface area contributed by atoms with Crippen LogP contribution in [0.15, 0.2) is 48.4 Å². The van der Waals surface area contributed by atoms with E-state index in [1.165, 1.54) is 16.7 Å². The number of hydrogen-bond acceptors (Lipinski definition) is 3. The summed E-state index contributed by atoms with van der Waals surface area (Å²) in [6.45, 7) is 3.33. The molecule has 3 heteroatoms. The van der Waals surface area contributed by atoms with Crippen LogP contribution in [0, 0.1) is 0 Å². The Hall–Kier alpha value is -2.00. The lowest BCUT2D eigenvalue weighted by atomic mass is 9.90. The Morgan fingerprint density at radius 2 is 2.00 bits per heavy atom. The van der Waals surface area contributed by atoms with Crippen LogP contribution >= 0.6 is 0 Å². The minimum absolute atomic E-state index is 0.287. The number of hydrogen-bond donors (Lipinski definition) is 0. The Morgan fingerprint density at radius 1 is 1.18 bits per heavy atom. The van der Waals surface area contributed by atoms with Gasteiger partial charge in [0.1, 0.15) is 0 Å². The first kappa shape index (κ1) is 14.9. The zero-order chi connectivity index (χ0) is 15.5. The van der Waals surface area contributed by atoms with Crippen molar-refractivity contribution in [3.05, 3.63) is 65.2 Å². The first-order valence-electron chi connectivity index (χ1n) is 7.87. The number of fused-ring (bicyclic) bond motifs is 1. The predicted molar refractivity (Wildman–Crippen MR) is 90.7 cm³/mol. The van der Waals surface area contributed by atoms with Crippen LogP contribution in [-0.2, 0) is 6.42 Å². The molecule has 1 heterocycles. The highest BCUT2D eigenvalue weighted by Gasteiger charge is 2.26. The molecule has 0 amide bonds.